The Balaban J connectivity index is 1.67. The summed E-state index contributed by atoms with van der Waals surface area (Å²) in [6, 6.07) is 0.850. The van der Waals surface area contributed by atoms with Crippen molar-refractivity contribution in [3.63, 3.8) is 0 Å². The summed E-state index contributed by atoms with van der Waals surface area (Å²) < 4.78 is 0. The van der Waals surface area contributed by atoms with E-state index in [-0.39, 0.29) is 0 Å². The Hall–Kier alpha value is -0.0800. The molecule has 0 amide bonds. The van der Waals surface area contributed by atoms with E-state index in [1.54, 1.807) is 0 Å². The average molecular weight is 278 g/mol. The Labute approximate surface area is 125 Å². The Morgan fingerprint density at radius 3 is 2.40 bits per heavy atom. The van der Waals surface area contributed by atoms with Gasteiger partial charge in [-0.05, 0) is 37.5 Å². The van der Waals surface area contributed by atoms with Gasteiger partial charge in [0, 0.05) is 31.2 Å². The lowest BCUT2D eigenvalue weighted by molar-refractivity contribution is 0.0345. The highest BCUT2D eigenvalue weighted by molar-refractivity contribution is 5.03. The number of piperazine rings is 1. The van der Waals surface area contributed by atoms with Crippen molar-refractivity contribution in [2.24, 2.45) is 11.8 Å². The zero-order chi connectivity index (χ0) is 14.0. The van der Waals surface area contributed by atoms with Gasteiger partial charge in [-0.3, -0.25) is 4.90 Å². The second-order valence-corrected chi connectivity index (χ2v) is 7.74. The quantitative estimate of drug-likeness (QED) is 0.822. The molecule has 2 nitrogen and oxygen atoms in total. The summed E-state index contributed by atoms with van der Waals surface area (Å²) in [6.07, 6.45) is 12.9. The minimum atomic E-state index is 0.482. The van der Waals surface area contributed by atoms with E-state index in [9.17, 15) is 0 Å². The van der Waals surface area contributed by atoms with Gasteiger partial charge in [-0.25, -0.2) is 0 Å². The predicted molar refractivity (Wildman–Crippen MR) is 86.0 cm³/mol. The Morgan fingerprint density at radius 1 is 1.10 bits per heavy atom. The minimum absolute atomic E-state index is 0.482. The lowest BCUT2D eigenvalue weighted by atomic mass is 9.78. The monoisotopic (exact) mass is 278 g/mol. The van der Waals surface area contributed by atoms with Crippen molar-refractivity contribution in [2.75, 3.05) is 19.6 Å². The minimum Gasteiger partial charge on any atom is -0.308 e. The molecule has 0 aromatic heterocycles. The molecule has 3 rings (SSSR count). The van der Waals surface area contributed by atoms with E-state index in [1.165, 1.54) is 77.4 Å². The summed E-state index contributed by atoms with van der Waals surface area (Å²) in [6.45, 7) is 8.71. The van der Waals surface area contributed by atoms with E-state index in [4.69, 9.17) is 0 Å². The number of nitrogens with zero attached hydrogens (tertiary/aromatic N) is 1. The van der Waals surface area contributed by atoms with Gasteiger partial charge in [0.15, 0.2) is 0 Å². The highest BCUT2D eigenvalue weighted by atomic mass is 15.3. The first-order valence-corrected chi connectivity index (χ1v) is 9.25. The lowest BCUT2D eigenvalue weighted by Crippen LogP contribution is -2.65. The topological polar surface area (TPSA) is 15.3 Å². The molecule has 1 atom stereocenters. The molecule has 2 aliphatic carbocycles. The summed E-state index contributed by atoms with van der Waals surface area (Å²) >= 11 is 0. The zero-order valence-corrected chi connectivity index (χ0v) is 13.7. The Bertz CT molecular complexity index is 301. The second kappa shape index (κ2) is 6.36. The van der Waals surface area contributed by atoms with Crippen molar-refractivity contribution in [3.05, 3.63) is 0 Å². The fourth-order valence-electron chi connectivity index (χ4n) is 4.60. The summed E-state index contributed by atoms with van der Waals surface area (Å²) in [5, 5.41) is 4.00. The van der Waals surface area contributed by atoms with Crippen LogP contribution in [-0.2, 0) is 0 Å². The highest BCUT2D eigenvalue weighted by Crippen LogP contribution is 2.40. The Morgan fingerprint density at radius 2 is 1.80 bits per heavy atom. The van der Waals surface area contributed by atoms with Crippen LogP contribution >= 0.6 is 0 Å². The molecule has 0 aromatic rings. The van der Waals surface area contributed by atoms with Crippen molar-refractivity contribution in [1.29, 1.82) is 0 Å². The first kappa shape index (κ1) is 14.8. The molecule has 1 spiro atoms. The van der Waals surface area contributed by atoms with Gasteiger partial charge in [-0.2, -0.15) is 0 Å². The van der Waals surface area contributed by atoms with Crippen LogP contribution in [0.25, 0.3) is 0 Å². The van der Waals surface area contributed by atoms with Crippen molar-refractivity contribution < 1.29 is 0 Å². The molecule has 2 heteroatoms. The van der Waals surface area contributed by atoms with Crippen LogP contribution in [0.15, 0.2) is 0 Å². The van der Waals surface area contributed by atoms with Crippen molar-refractivity contribution in [1.82, 2.24) is 10.2 Å². The van der Waals surface area contributed by atoms with Gasteiger partial charge in [-0.15, -0.1) is 0 Å². The van der Waals surface area contributed by atoms with Gasteiger partial charge in [-0.1, -0.05) is 46.0 Å². The predicted octanol–water partition coefficient (Wildman–Crippen LogP) is 3.81. The molecule has 1 aliphatic heterocycles. The second-order valence-electron chi connectivity index (χ2n) is 7.74. The molecule has 0 aromatic carbocycles. The van der Waals surface area contributed by atoms with E-state index in [0.29, 0.717) is 5.54 Å². The van der Waals surface area contributed by atoms with Gasteiger partial charge in [0.05, 0.1) is 0 Å². The van der Waals surface area contributed by atoms with Crippen LogP contribution < -0.4 is 5.32 Å². The van der Waals surface area contributed by atoms with Crippen LogP contribution in [0, 0.1) is 11.8 Å². The number of nitrogens with one attached hydrogen (secondary N) is 1. The molecule has 20 heavy (non-hydrogen) atoms. The zero-order valence-electron chi connectivity index (χ0n) is 13.7. The van der Waals surface area contributed by atoms with Gasteiger partial charge < -0.3 is 5.32 Å². The first-order chi connectivity index (χ1) is 9.76. The molecular formula is C18H34N2. The van der Waals surface area contributed by atoms with Gasteiger partial charge in [0.25, 0.3) is 0 Å². The van der Waals surface area contributed by atoms with E-state index >= 15 is 0 Å². The van der Waals surface area contributed by atoms with E-state index < -0.39 is 0 Å². The van der Waals surface area contributed by atoms with Crippen LogP contribution in [0.3, 0.4) is 0 Å². The molecule has 3 aliphatic rings. The summed E-state index contributed by atoms with van der Waals surface area (Å²) in [5.74, 6) is 1.92. The van der Waals surface area contributed by atoms with Crippen molar-refractivity contribution in [3.8, 4) is 0 Å². The highest BCUT2D eigenvalue weighted by Gasteiger charge is 2.44. The normalized spacial score (nSPS) is 31.1. The molecular weight excluding hydrogens is 244 g/mol. The van der Waals surface area contributed by atoms with Crippen LogP contribution in [0.4, 0.5) is 0 Å². The SMILES string of the molecule is CCC(CC)CN1CC2(CCCCC2)NCC1C1CC1. The Kier molecular flexibility index (Phi) is 4.72. The average Bonchev–Trinajstić information content (AvgIpc) is 3.30. The summed E-state index contributed by atoms with van der Waals surface area (Å²) in [4.78, 5) is 2.91. The van der Waals surface area contributed by atoms with Crippen LogP contribution in [0.1, 0.15) is 71.6 Å². The molecule has 0 bridgehead atoms. The van der Waals surface area contributed by atoms with Gasteiger partial charge in [0.2, 0.25) is 0 Å². The van der Waals surface area contributed by atoms with Crippen molar-refractivity contribution >= 4 is 0 Å². The van der Waals surface area contributed by atoms with E-state index in [0.717, 1.165) is 17.9 Å². The molecule has 116 valence electrons. The third-order valence-electron chi connectivity index (χ3n) is 6.29. The largest absolute Gasteiger partial charge is 0.308 e. The molecule has 1 saturated heterocycles. The van der Waals surface area contributed by atoms with Crippen LogP contribution in [-0.4, -0.2) is 36.1 Å². The van der Waals surface area contributed by atoms with Crippen LogP contribution in [0.5, 0.6) is 0 Å². The molecule has 1 heterocycles. The van der Waals surface area contributed by atoms with Gasteiger partial charge >= 0.3 is 0 Å². The van der Waals surface area contributed by atoms with Crippen LogP contribution in [0.2, 0.25) is 0 Å². The fraction of sp³-hybridized carbons (Fsp3) is 1.00. The number of rotatable bonds is 5. The molecule has 0 radical (unpaired) electrons. The molecule has 1 unspecified atom stereocenters. The first-order valence-electron chi connectivity index (χ1n) is 9.25. The summed E-state index contributed by atoms with van der Waals surface area (Å²) in [5.41, 5.74) is 0.482. The maximum Gasteiger partial charge on any atom is 0.0309 e. The maximum absolute atomic E-state index is 4.00. The third-order valence-corrected chi connectivity index (χ3v) is 6.29. The lowest BCUT2D eigenvalue weighted by Gasteiger charge is -2.50. The molecule has 2 saturated carbocycles. The fourth-order valence-corrected chi connectivity index (χ4v) is 4.60. The maximum atomic E-state index is 4.00. The number of hydrogen-bond acceptors (Lipinski definition) is 2. The summed E-state index contributed by atoms with van der Waals surface area (Å²) in [7, 11) is 0. The van der Waals surface area contributed by atoms with Gasteiger partial charge in [0.1, 0.15) is 0 Å². The number of hydrogen-bond donors (Lipinski definition) is 1. The van der Waals surface area contributed by atoms with E-state index in [1.807, 2.05) is 0 Å². The van der Waals surface area contributed by atoms with Crippen molar-refractivity contribution in [2.45, 2.75) is 83.2 Å². The molecule has 3 fully saturated rings. The standard InChI is InChI=1S/C18H34N2/c1-3-15(4-2)13-20-14-18(10-6-5-7-11-18)19-12-17(20)16-8-9-16/h15-17,19H,3-14H2,1-2H3. The third kappa shape index (κ3) is 3.22. The van der Waals surface area contributed by atoms with E-state index in [2.05, 4.69) is 24.1 Å². The molecule has 1 N–H and O–H groups in total. The smallest absolute Gasteiger partial charge is 0.0309 e.